The molecule has 1 aromatic carbocycles. The number of nitrogens with zero attached hydrogens (tertiary/aromatic N) is 2. The molecule has 0 atom stereocenters. The Bertz CT molecular complexity index is 553. The van der Waals surface area contributed by atoms with Crippen molar-refractivity contribution in [1.82, 2.24) is 10.2 Å². The zero-order valence-electron chi connectivity index (χ0n) is 10.00. The van der Waals surface area contributed by atoms with E-state index < -0.39 is 0 Å². The summed E-state index contributed by atoms with van der Waals surface area (Å²) in [5.41, 5.74) is 3.90. The standard InChI is InChI=1S/C12H13N5O2/c13-15-11-6-5-10(16-17-11)12(19)14-9-3-1-8(7-18)2-4-9/h1-6,18H,7,13H2,(H,14,19)(H,15,17). The van der Waals surface area contributed by atoms with Crippen LogP contribution in [0.5, 0.6) is 0 Å². The molecule has 0 saturated heterocycles. The first kappa shape index (κ1) is 12.9. The molecule has 98 valence electrons. The van der Waals surface area contributed by atoms with Gasteiger partial charge in [-0.1, -0.05) is 12.1 Å². The number of anilines is 2. The number of benzene rings is 1. The fraction of sp³-hybridized carbons (Fsp3) is 0.0833. The summed E-state index contributed by atoms with van der Waals surface area (Å²) in [6.07, 6.45) is 0. The van der Waals surface area contributed by atoms with Crippen molar-refractivity contribution in [2.75, 3.05) is 10.7 Å². The normalized spacial score (nSPS) is 10.0. The number of rotatable bonds is 4. The molecule has 0 bridgehead atoms. The van der Waals surface area contributed by atoms with Crippen molar-refractivity contribution < 1.29 is 9.90 Å². The highest BCUT2D eigenvalue weighted by Crippen LogP contribution is 2.11. The van der Waals surface area contributed by atoms with Crippen LogP contribution in [0.2, 0.25) is 0 Å². The molecule has 5 N–H and O–H groups in total. The first-order chi connectivity index (χ1) is 9.22. The van der Waals surface area contributed by atoms with Gasteiger partial charge in [-0.3, -0.25) is 4.79 Å². The molecule has 2 rings (SSSR count). The number of nitrogens with two attached hydrogens (primary N) is 1. The summed E-state index contributed by atoms with van der Waals surface area (Å²) < 4.78 is 0. The van der Waals surface area contributed by atoms with Gasteiger partial charge in [0.05, 0.1) is 6.61 Å². The van der Waals surface area contributed by atoms with E-state index in [1.807, 2.05) is 0 Å². The maximum absolute atomic E-state index is 11.9. The van der Waals surface area contributed by atoms with Gasteiger partial charge < -0.3 is 15.8 Å². The van der Waals surface area contributed by atoms with E-state index in [2.05, 4.69) is 20.9 Å². The van der Waals surface area contributed by atoms with Gasteiger partial charge >= 0.3 is 0 Å². The number of hydrogen-bond donors (Lipinski definition) is 4. The van der Waals surface area contributed by atoms with Gasteiger partial charge in [-0.05, 0) is 29.8 Å². The Morgan fingerprint density at radius 1 is 1.16 bits per heavy atom. The number of nitrogen functional groups attached to an aromatic ring is 1. The quantitative estimate of drug-likeness (QED) is 0.470. The van der Waals surface area contributed by atoms with E-state index in [4.69, 9.17) is 10.9 Å². The average Bonchev–Trinajstić information content (AvgIpc) is 2.48. The summed E-state index contributed by atoms with van der Waals surface area (Å²) in [7, 11) is 0. The molecule has 0 fully saturated rings. The minimum absolute atomic E-state index is 0.0345. The summed E-state index contributed by atoms with van der Waals surface area (Å²) in [5.74, 6) is 5.16. The van der Waals surface area contributed by atoms with E-state index >= 15 is 0 Å². The predicted octanol–water partition coefficient (Wildman–Crippen LogP) is 0.507. The molecule has 1 amide bonds. The molecule has 0 aliphatic rings. The van der Waals surface area contributed by atoms with Crippen molar-refractivity contribution in [2.45, 2.75) is 6.61 Å². The average molecular weight is 259 g/mol. The smallest absolute Gasteiger partial charge is 0.276 e. The van der Waals surface area contributed by atoms with E-state index in [0.717, 1.165) is 5.56 Å². The SMILES string of the molecule is NNc1ccc(C(=O)Nc2ccc(CO)cc2)nn1. The maximum Gasteiger partial charge on any atom is 0.276 e. The van der Waals surface area contributed by atoms with Crippen LogP contribution in [-0.4, -0.2) is 21.2 Å². The number of hydrazine groups is 1. The molecule has 0 unspecified atom stereocenters. The lowest BCUT2D eigenvalue weighted by Gasteiger charge is -2.05. The number of carbonyl (C=O) groups excluding carboxylic acids is 1. The number of aliphatic hydroxyl groups is 1. The van der Waals surface area contributed by atoms with Crippen LogP contribution in [-0.2, 0) is 6.61 Å². The van der Waals surface area contributed by atoms with Crippen molar-refractivity contribution in [1.29, 1.82) is 0 Å². The first-order valence-electron chi connectivity index (χ1n) is 5.54. The van der Waals surface area contributed by atoms with Gasteiger partial charge in [0.25, 0.3) is 5.91 Å². The van der Waals surface area contributed by atoms with E-state index in [-0.39, 0.29) is 18.2 Å². The molecule has 0 aliphatic carbocycles. The van der Waals surface area contributed by atoms with Crippen molar-refractivity contribution in [3.05, 3.63) is 47.7 Å². The lowest BCUT2D eigenvalue weighted by molar-refractivity contribution is 0.102. The number of aliphatic hydroxyl groups excluding tert-OH is 1. The highest BCUT2D eigenvalue weighted by atomic mass is 16.3. The van der Waals surface area contributed by atoms with Crippen molar-refractivity contribution in [3.8, 4) is 0 Å². The van der Waals surface area contributed by atoms with E-state index in [0.29, 0.717) is 11.5 Å². The summed E-state index contributed by atoms with van der Waals surface area (Å²) in [4.78, 5) is 11.9. The van der Waals surface area contributed by atoms with E-state index in [9.17, 15) is 4.79 Å². The highest BCUT2D eigenvalue weighted by Gasteiger charge is 2.08. The molecule has 0 saturated carbocycles. The number of carbonyl (C=O) groups is 1. The van der Waals surface area contributed by atoms with Crippen LogP contribution in [0.3, 0.4) is 0 Å². The molecule has 1 heterocycles. The van der Waals surface area contributed by atoms with Crippen LogP contribution in [0.15, 0.2) is 36.4 Å². The van der Waals surface area contributed by atoms with Crippen LogP contribution in [0.4, 0.5) is 11.5 Å². The summed E-state index contributed by atoms with van der Waals surface area (Å²) >= 11 is 0. The molecule has 7 heteroatoms. The Labute approximate surface area is 109 Å². The number of aromatic nitrogens is 2. The third-order valence-electron chi connectivity index (χ3n) is 2.44. The molecule has 0 spiro atoms. The van der Waals surface area contributed by atoms with Gasteiger partial charge in [-0.15, -0.1) is 10.2 Å². The number of hydrogen-bond acceptors (Lipinski definition) is 6. The van der Waals surface area contributed by atoms with Crippen LogP contribution in [0, 0.1) is 0 Å². The second-order valence-electron chi connectivity index (χ2n) is 3.76. The molecule has 0 radical (unpaired) electrons. The van der Waals surface area contributed by atoms with Gasteiger partial charge in [0.2, 0.25) is 0 Å². The Morgan fingerprint density at radius 2 is 1.89 bits per heavy atom. The van der Waals surface area contributed by atoms with Crippen molar-refractivity contribution >= 4 is 17.4 Å². The van der Waals surface area contributed by atoms with Gasteiger partial charge in [-0.25, -0.2) is 5.84 Å². The Morgan fingerprint density at radius 3 is 2.42 bits per heavy atom. The van der Waals surface area contributed by atoms with Crippen LogP contribution in [0.25, 0.3) is 0 Å². The molecule has 7 nitrogen and oxygen atoms in total. The Kier molecular flexibility index (Phi) is 4.01. The first-order valence-corrected chi connectivity index (χ1v) is 5.54. The van der Waals surface area contributed by atoms with Crippen molar-refractivity contribution in [2.24, 2.45) is 5.84 Å². The summed E-state index contributed by atoms with van der Waals surface area (Å²) in [5, 5.41) is 19.0. The van der Waals surface area contributed by atoms with E-state index in [1.165, 1.54) is 6.07 Å². The second-order valence-corrected chi connectivity index (χ2v) is 3.76. The Hall–Kier alpha value is -2.51. The van der Waals surface area contributed by atoms with Gasteiger partial charge in [-0.2, -0.15) is 0 Å². The lowest BCUT2D eigenvalue weighted by atomic mass is 10.2. The Balaban J connectivity index is 2.06. The predicted molar refractivity (Wildman–Crippen MR) is 70.2 cm³/mol. The molecule has 0 aliphatic heterocycles. The van der Waals surface area contributed by atoms with Crippen LogP contribution < -0.4 is 16.6 Å². The molecular weight excluding hydrogens is 246 g/mol. The van der Waals surface area contributed by atoms with Crippen LogP contribution >= 0.6 is 0 Å². The van der Waals surface area contributed by atoms with Gasteiger partial charge in [0.1, 0.15) is 0 Å². The molecule has 2 aromatic rings. The third-order valence-corrected chi connectivity index (χ3v) is 2.44. The summed E-state index contributed by atoms with van der Waals surface area (Å²) in [6.45, 7) is -0.0345. The monoisotopic (exact) mass is 259 g/mol. The minimum Gasteiger partial charge on any atom is -0.392 e. The highest BCUT2D eigenvalue weighted by molar-refractivity contribution is 6.02. The topological polar surface area (TPSA) is 113 Å². The summed E-state index contributed by atoms with van der Waals surface area (Å²) in [6, 6.07) is 9.92. The minimum atomic E-state index is -0.368. The van der Waals surface area contributed by atoms with Gasteiger partial charge in [0, 0.05) is 5.69 Å². The fourth-order valence-corrected chi connectivity index (χ4v) is 1.42. The van der Waals surface area contributed by atoms with Crippen LogP contribution in [0.1, 0.15) is 16.1 Å². The fourth-order valence-electron chi connectivity index (χ4n) is 1.42. The number of nitrogens with one attached hydrogen (secondary N) is 2. The molecule has 19 heavy (non-hydrogen) atoms. The third kappa shape index (κ3) is 3.24. The molecule has 1 aromatic heterocycles. The van der Waals surface area contributed by atoms with E-state index in [1.54, 1.807) is 30.3 Å². The van der Waals surface area contributed by atoms with Gasteiger partial charge in [0.15, 0.2) is 11.5 Å². The molecular formula is C12H13N5O2. The zero-order valence-corrected chi connectivity index (χ0v) is 10.00. The lowest BCUT2D eigenvalue weighted by Crippen LogP contribution is -2.16. The second kappa shape index (κ2) is 5.89. The number of amides is 1. The maximum atomic E-state index is 11.9. The van der Waals surface area contributed by atoms with Crippen molar-refractivity contribution in [3.63, 3.8) is 0 Å². The largest absolute Gasteiger partial charge is 0.392 e. The zero-order chi connectivity index (χ0) is 13.7.